The number of carbonyl (C=O) groups is 4. The van der Waals surface area contributed by atoms with Crippen molar-refractivity contribution in [3.8, 4) is 11.5 Å². The van der Waals surface area contributed by atoms with E-state index >= 15 is 0 Å². The summed E-state index contributed by atoms with van der Waals surface area (Å²) in [7, 11) is 0. The molecule has 4 atom stereocenters. The van der Waals surface area contributed by atoms with Gasteiger partial charge < -0.3 is 37.0 Å². The molecule has 2 aromatic carbocycles. The molecule has 0 bridgehead atoms. The molecule has 2 rings (SSSR count). The van der Waals surface area contributed by atoms with Gasteiger partial charge in [0.2, 0.25) is 17.7 Å². The first-order valence-corrected chi connectivity index (χ1v) is 12.3. The van der Waals surface area contributed by atoms with Gasteiger partial charge in [0.15, 0.2) is 0 Å². The first kappa shape index (κ1) is 30.1. The monoisotopic (exact) mass is 528 g/mol. The van der Waals surface area contributed by atoms with Gasteiger partial charge in [0.05, 0.1) is 6.04 Å². The van der Waals surface area contributed by atoms with Crippen LogP contribution in [0.25, 0.3) is 0 Å². The van der Waals surface area contributed by atoms with E-state index in [9.17, 15) is 34.5 Å². The molecule has 11 nitrogen and oxygen atoms in total. The van der Waals surface area contributed by atoms with Crippen LogP contribution in [0, 0.1) is 5.92 Å². The predicted octanol–water partition coefficient (Wildman–Crippen LogP) is 0.815. The molecular weight excluding hydrogens is 492 g/mol. The zero-order valence-corrected chi connectivity index (χ0v) is 21.7. The maximum atomic E-state index is 13.0. The van der Waals surface area contributed by atoms with E-state index in [4.69, 9.17) is 5.73 Å². The third-order valence-electron chi connectivity index (χ3n) is 5.81. The molecule has 38 heavy (non-hydrogen) atoms. The van der Waals surface area contributed by atoms with Gasteiger partial charge in [-0.3, -0.25) is 14.4 Å². The van der Waals surface area contributed by atoms with Crippen LogP contribution in [0.2, 0.25) is 0 Å². The number of carbonyl (C=O) groups excluding carboxylic acids is 3. The van der Waals surface area contributed by atoms with E-state index < -0.39 is 47.9 Å². The summed E-state index contributed by atoms with van der Waals surface area (Å²) in [5, 5.41) is 35.9. The number of aromatic hydroxyl groups is 2. The number of amides is 3. The van der Waals surface area contributed by atoms with E-state index in [1.54, 1.807) is 24.3 Å². The number of benzene rings is 2. The lowest BCUT2D eigenvalue weighted by Gasteiger charge is -2.24. The van der Waals surface area contributed by atoms with Gasteiger partial charge in [-0.25, -0.2) is 4.79 Å². The standard InChI is InChI=1S/C27H36N4O7/c1-15(2)12-22(30-25(35)21(28)13-17-4-8-19(32)9-5-17)26(36)29-16(3)24(34)31-23(27(37)38)14-18-6-10-20(33)11-7-18/h4-11,15-16,21-23,32-33H,12-14,28H2,1-3H3,(H,29,36)(H,30,35)(H,31,34)(H,37,38). The highest BCUT2D eigenvalue weighted by Gasteiger charge is 2.29. The van der Waals surface area contributed by atoms with Crippen molar-refractivity contribution in [1.82, 2.24) is 16.0 Å². The van der Waals surface area contributed by atoms with Crippen molar-refractivity contribution in [2.45, 2.75) is 64.2 Å². The van der Waals surface area contributed by atoms with Crippen molar-refractivity contribution >= 4 is 23.7 Å². The summed E-state index contributed by atoms with van der Waals surface area (Å²) >= 11 is 0. The Morgan fingerprint density at radius 3 is 1.66 bits per heavy atom. The zero-order chi connectivity index (χ0) is 28.4. The van der Waals surface area contributed by atoms with Crippen molar-refractivity contribution in [3.05, 3.63) is 59.7 Å². The number of phenols is 2. The molecule has 206 valence electrons. The van der Waals surface area contributed by atoms with Crippen molar-refractivity contribution in [2.24, 2.45) is 11.7 Å². The predicted molar refractivity (Wildman–Crippen MR) is 140 cm³/mol. The summed E-state index contributed by atoms with van der Waals surface area (Å²) in [6.45, 7) is 5.16. The maximum Gasteiger partial charge on any atom is 0.326 e. The van der Waals surface area contributed by atoms with Crippen LogP contribution in [-0.4, -0.2) is 63.2 Å². The van der Waals surface area contributed by atoms with Gasteiger partial charge in [-0.05, 0) is 61.1 Å². The number of hydrogen-bond acceptors (Lipinski definition) is 7. The minimum atomic E-state index is -1.25. The van der Waals surface area contributed by atoms with Crippen molar-refractivity contribution in [3.63, 3.8) is 0 Å². The molecule has 0 saturated carbocycles. The normalized spacial score (nSPS) is 14.1. The highest BCUT2D eigenvalue weighted by molar-refractivity contribution is 5.94. The summed E-state index contributed by atoms with van der Waals surface area (Å²) in [6.07, 6.45) is 0.460. The van der Waals surface area contributed by atoms with Crippen LogP contribution >= 0.6 is 0 Å². The van der Waals surface area contributed by atoms with E-state index in [0.717, 1.165) is 5.56 Å². The summed E-state index contributed by atoms with van der Waals surface area (Å²) in [5.74, 6) is -2.95. The molecule has 0 aliphatic rings. The van der Waals surface area contributed by atoms with Gasteiger partial charge in [-0.2, -0.15) is 0 Å². The van der Waals surface area contributed by atoms with E-state index in [-0.39, 0.29) is 36.7 Å². The second-order valence-electron chi connectivity index (χ2n) is 9.67. The molecule has 0 heterocycles. The number of carboxylic acids is 1. The lowest BCUT2D eigenvalue weighted by atomic mass is 10.0. The highest BCUT2D eigenvalue weighted by atomic mass is 16.4. The van der Waals surface area contributed by atoms with Crippen LogP contribution in [0.3, 0.4) is 0 Å². The van der Waals surface area contributed by atoms with E-state index in [1.807, 2.05) is 13.8 Å². The number of nitrogens with two attached hydrogens (primary N) is 1. The Hall–Kier alpha value is -4.12. The highest BCUT2D eigenvalue weighted by Crippen LogP contribution is 2.13. The van der Waals surface area contributed by atoms with Crippen LogP contribution in [0.15, 0.2) is 48.5 Å². The lowest BCUT2D eigenvalue weighted by Crippen LogP contribution is -2.56. The van der Waals surface area contributed by atoms with Gasteiger partial charge in [-0.1, -0.05) is 38.1 Å². The quantitative estimate of drug-likeness (QED) is 0.199. The van der Waals surface area contributed by atoms with E-state index in [2.05, 4.69) is 16.0 Å². The fraction of sp³-hybridized carbons (Fsp3) is 0.407. The van der Waals surface area contributed by atoms with Crippen LogP contribution in [0.5, 0.6) is 11.5 Å². The molecular formula is C27H36N4O7. The number of aliphatic carboxylic acids is 1. The molecule has 0 aromatic heterocycles. The van der Waals surface area contributed by atoms with Gasteiger partial charge >= 0.3 is 5.97 Å². The molecule has 2 aromatic rings. The minimum Gasteiger partial charge on any atom is -0.508 e. The van der Waals surface area contributed by atoms with Gasteiger partial charge in [0, 0.05) is 6.42 Å². The van der Waals surface area contributed by atoms with Crippen molar-refractivity contribution in [2.75, 3.05) is 0 Å². The smallest absolute Gasteiger partial charge is 0.326 e. The number of carboxylic acid groups (broad SMARTS) is 1. The Balaban J connectivity index is 1.99. The zero-order valence-electron chi connectivity index (χ0n) is 21.7. The average molecular weight is 529 g/mol. The summed E-state index contributed by atoms with van der Waals surface area (Å²) in [5.41, 5.74) is 7.36. The first-order chi connectivity index (χ1) is 17.8. The fourth-order valence-electron chi connectivity index (χ4n) is 3.70. The van der Waals surface area contributed by atoms with Crippen molar-refractivity contribution in [1.29, 1.82) is 0 Å². The summed E-state index contributed by atoms with van der Waals surface area (Å²) in [4.78, 5) is 50.1. The van der Waals surface area contributed by atoms with Crippen LogP contribution < -0.4 is 21.7 Å². The SMILES string of the molecule is CC(C)CC(NC(=O)C(N)Cc1ccc(O)cc1)C(=O)NC(C)C(=O)NC(Cc1ccc(O)cc1)C(=O)O. The van der Waals surface area contributed by atoms with Gasteiger partial charge in [-0.15, -0.1) is 0 Å². The fourth-order valence-corrected chi connectivity index (χ4v) is 3.70. The molecule has 3 amide bonds. The lowest BCUT2D eigenvalue weighted by molar-refractivity contribution is -0.142. The Bertz CT molecular complexity index is 1100. The van der Waals surface area contributed by atoms with Crippen LogP contribution in [0.4, 0.5) is 0 Å². The number of nitrogens with one attached hydrogen (secondary N) is 3. The largest absolute Gasteiger partial charge is 0.508 e. The number of hydrogen-bond donors (Lipinski definition) is 7. The third kappa shape index (κ3) is 9.74. The minimum absolute atomic E-state index is 0.0209. The molecule has 0 saturated heterocycles. The molecule has 0 fully saturated rings. The second-order valence-corrected chi connectivity index (χ2v) is 9.67. The van der Waals surface area contributed by atoms with Gasteiger partial charge in [0.1, 0.15) is 29.6 Å². The van der Waals surface area contributed by atoms with Crippen LogP contribution in [-0.2, 0) is 32.0 Å². The van der Waals surface area contributed by atoms with E-state index in [1.165, 1.54) is 31.2 Å². The molecule has 11 heteroatoms. The molecule has 8 N–H and O–H groups in total. The Kier molecular flexibility index (Phi) is 11.1. The van der Waals surface area contributed by atoms with Gasteiger partial charge in [0.25, 0.3) is 0 Å². The summed E-state index contributed by atoms with van der Waals surface area (Å²) in [6, 6.07) is 7.95. The topological polar surface area (TPSA) is 191 Å². The van der Waals surface area contributed by atoms with Crippen molar-refractivity contribution < 1.29 is 34.5 Å². The molecule has 0 radical (unpaired) electrons. The Labute approximate surface area is 221 Å². The molecule has 4 unspecified atom stereocenters. The molecule has 0 spiro atoms. The van der Waals surface area contributed by atoms with Crippen LogP contribution in [0.1, 0.15) is 38.3 Å². The molecule has 0 aliphatic heterocycles. The Morgan fingerprint density at radius 2 is 1.18 bits per heavy atom. The second kappa shape index (κ2) is 14.0. The average Bonchev–Trinajstić information content (AvgIpc) is 2.85. The Morgan fingerprint density at radius 1 is 0.711 bits per heavy atom. The number of phenolic OH excluding ortho intramolecular Hbond substituents is 2. The number of rotatable bonds is 13. The first-order valence-electron chi connectivity index (χ1n) is 12.3. The molecule has 0 aliphatic carbocycles. The third-order valence-corrected chi connectivity index (χ3v) is 5.81. The van der Waals surface area contributed by atoms with E-state index in [0.29, 0.717) is 5.56 Å². The maximum absolute atomic E-state index is 13.0. The summed E-state index contributed by atoms with van der Waals surface area (Å²) < 4.78 is 0.